The van der Waals surface area contributed by atoms with Crippen molar-refractivity contribution in [3.8, 4) is 17.9 Å². The molecule has 1 unspecified atom stereocenters. The molecule has 5 heteroatoms. The van der Waals surface area contributed by atoms with Gasteiger partial charge < -0.3 is 0 Å². The molecule has 1 aromatic rings. The molecule has 114 valence electrons. The van der Waals surface area contributed by atoms with Gasteiger partial charge in [0.25, 0.3) is 10.0 Å². The van der Waals surface area contributed by atoms with E-state index >= 15 is 0 Å². The third-order valence-corrected chi connectivity index (χ3v) is 5.45. The van der Waals surface area contributed by atoms with Gasteiger partial charge >= 0.3 is 0 Å². The summed E-state index contributed by atoms with van der Waals surface area (Å²) in [6, 6.07) is 8.68. The van der Waals surface area contributed by atoms with Crippen LogP contribution >= 0.6 is 0 Å². The third kappa shape index (κ3) is 3.90. The van der Waals surface area contributed by atoms with Gasteiger partial charge in [-0.2, -0.15) is 5.26 Å². The Bertz CT molecular complexity index is 747. The van der Waals surface area contributed by atoms with Gasteiger partial charge in [0.15, 0.2) is 6.07 Å². The molecule has 0 amide bonds. The van der Waals surface area contributed by atoms with Crippen LogP contribution in [0.4, 0.5) is 0 Å². The Morgan fingerprint density at radius 1 is 1.32 bits per heavy atom. The number of allylic oxidation sites excluding steroid dienone is 1. The van der Waals surface area contributed by atoms with Crippen molar-refractivity contribution in [1.29, 1.82) is 5.26 Å². The molecule has 1 aliphatic heterocycles. The second-order valence-corrected chi connectivity index (χ2v) is 7.16. The molecule has 22 heavy (non-hydrogen) atoms. The van der Waals surface area contributed by atoms with Crippen LogP contribution in [0.5, 0.6) is 0 Å². The minimum Gasteiger partial charge on any atom is -0.274 e. The van der Waals surface area contributed by atoms with E-state index in [0.717, 1.165) is 18.4 Å². The van der Waals surface area contributed by atoms with Crippen molar-refractivity contribution in [2.24, 2.45) is 5.92 Å². The van der Waals surface area contributed by atoms with E-state index in [1.54, 1.807) is 36.5 Å². The van der Waals surface area contributed by atoms with Crippen LogP contribution in [0.1, 0.15) is 24.8 Å². The molecule has 2 rings (SSSR count). The summed E-state index contributed by atoms with van der Waals surface area (Å²) in [7, 11) is -3.46. The standard InChI is InChI=1S/C17H18N2O2S/c1-15-6-8-17(9-7-15)22(20,21)19-13-10-16(11-14-19)5-3-2-4-12-18/h6-10,13,16H,3,5,11,14H2,1H3. The lowest BCUT2D eigenvalue weighted by Crippen LogP contribution is -2.30. The Morgan fingerprint density at radius 3 is 2.64 bits per heavy atom. The van der Waals surface area contributed by atoms with Crippen molar-refractivity contribution in [3.63, 3.8) is 0 Å². The van der Waals surface area contributed by atoms with Crippen molar-refractivity contribution in [2.45, 2.75) is 31.1 Å². The minimum atomic E-state index is -3.46. The van der Waals surface area contributed by atoms with Gasteiger partial charge in [0.1, 0.15) is 0 Å². The first-order valence-electron chi connectivity index (χ1n) is 7.18. The van der Waals surface area contributed by atoms with Gasteiger partial charge in [0.05, 0.1) is 4.90 Å². The topological polar surface area (TPSA) is 61.2 Å². The average Bonchev–Trinajstić information content (AvgIpc) is 2.52. The predicted molar refractivity (Wildman–Crippen MR) is 84.9 cm³/mol. The summed E-state index contributed by atoms with van der Waals surface area (Å²) in [4.78, 5) is 0.320. The number of aryl methyl sites for hydroxylation is 1. The Kier molecular flexibility index (Phi) is 5.25. The molecule has 1 atom stereocenters. The first-order valence-corrected chi connectivity index (χ1v) is 8.62. The molecule has 1 aromatic carbocycles. The van der Waals surface area contributed by atoms with Crippen LogP contribution in [0, 0.1) is 36.0 Å². The van der Waals surface area contributed by atoms with Crippen molar-refractivity contribution in [1.82, 2.24) is 4.31 Å². The fourth-order valence-electron chi connectivity index (χ4n) is 2.33. The second kappa shape index (κ2) is 7.15. The van der Waals surface area contributed by atoms with Crippen molar-refractivity contribution >= 4 is 10.0 Å². The average molecular weight is 314 g/mol. The number of nitriles is 1. The normalized spacial score (nSPS) is 17.5. The predicted octanol–water partition coefficient (Wildman–Crippen LogP) is 2.83. The van der Waals surface area contributed by atoms with Crippen LogP contribution < -0.4 is 0 Å². The van der Waals surface area contributed by atoms with E-state index in [2.05, 4.69) is 11.8 Å². The molecule has 0 fully saturated rings. The molecular formula is C17H18N2O2S. The van der Waals surface area contributed by atoms with Crippen molar-refractivity contribution < 1.29 is 8.42 Å². The number of hydrogen-bond donors (Lipinski definition) is 0. The van der Waals surface area contributed by atoms with Gasteiger partial charge in [-0.1, -0.05) is 29.7 Å². The summed E-state index contributed by atoms with van der Waals surface area (Å²) in [6.45, 7) is 2.40. The Morgan fingerprint density at radius 2 is 2.05 bits per heavy atom. The number of hydrogen-bond acceptors (Lipinski definition) is 3. The molecule has 4 nitrogen and oxygen atoms in total. The molecule has 0 radical (unpaired) electrons. The minimum absolute atomic E-state index is 0.317. The summed E-state index contributed by atoms with van der Waals surface area (Å²) in [5.41, 5.74) is 1.03. The van der Waals surface area contributed by atoms with E-state index in [4.69, 9.17) is 5.26 Å². The molecule has 0 bridgehead atoms. The number of nitrogens with zero attached hydrogens (tertiary/aromatic N) is 2. The summed E-state index contributed by atoms with van der Waals surface area (Å²) in [6.07, 6.45) is 5.86. The van der Waals surface area contributed by atoms with E-state index in [9.17, 15) is 8.42 Å². The monoisotopic (exact) mass is 314 g/mol. The maximum atomic E-state index is 12.5. The summed E-state index contributed by atoms with van der Waals surface area (Å²) >= 11 is 0. The van der Waals surface area contributed by atoms with E-state index in [1.165, 1.54) is 4.31 Å². The van der Waals surface area contributed by atoms with Crippen LogP contribution in [0.2, 0.25) is 0 Å². The molecular weight excluding hydrogens is 296 g/mol. The van der Waals surface area contributed by atoms with E-state index in [-0.39, 0.29) is 0 Å². The Labute approximate surface area is 132 Å². The van der Waals surface area contributed by atoms with Crippen molar-refractivity contribution in [2.75, 3.05) is 6.54 Å². The SMILES string of the molecule is Cc1ccc(S(=O)(=O)N2C=CC(CCC#CC#N)CC2)cc1. The van der Waals surface area contributed by atoms with Gasteiger partial charge in [-0.05, 0) is 37.8 Å². The van der Waals surface area contributed by atoms with Gasteiger partial charge in [0, 0.05) is 25.1 Å². The van der Waals surface area contributed by atoms with E-state index in [1.807, 2.05) is 13.0 Å². The zero-order chi connectivity index (χ0) is 16.0. The fraction of sp³-hybridized carbons (Fsp3) is 0.353. The largest absolute Gasteiger partial charge is 0.274 e. The smallest absolute Gasteiger partial charge is 0.263 e. The van der Waals surface area contributed by atoms with Crippen molar-refractivity contribution in [3.05, 3.63) is 42.1 Å². The van der Waals surface area contributed by atoms with Gasteiger partial charge in [0.2, 0.25) is 0 Å². The summed E-state index contributed by atoms with van der Waals surface area (Å²) < 4.78 is 26.4. The molecule has 0 saturated heterocycles. The van der Waals surface area contributed by atoms with Crippen LogP contribution in [-0.4, -0.2) is 19.3 Å². The molecule has 0 aromatic heterocycles. The number of benzene rings is 1. The lowest BCUT2D eigenvalue weighted by Gasteiger charge is -2.27. The zero-order valence-corrected chi connectivity index (χ0v) is 13.3. The third-order valence-electron chi connectivity index (χ3n) is 3.66. The van der Waals surface area contributed by atoms with Crippen LogP contribution in [0.3, 0.4) is 0 Å². The highest BCUT2D eigenvalue weighted by molar-refractivity contribution is 7.89. The quantitative estimate of drug-likeness (QED) is 0.803. The highest BCUT2D eigenvalue weighted by Gasteiger charge is 2.24. The molecule has 0 saturated carbocycles. The lowest BCUT2D eigenvalue weighted by molar-refractivity contribution is 0.417. The first-order chi connectivity index (χ1) is 10.5. The Hall–Kier alpha value is -2.24. The lowest BCUT2D eigenvalue weighted by atomic mass is 9.98. The zero-order valence-electron chi connectivity index (χ0n) is 12.5. The fourth-order valence-corrected chi connectivity index (χ4v) is 3.65. The van der Waals surface area contributed by atoms with Crippen LogP contribution in [-0.2, 0) is 10.0 Å². The molecule has 0 spiro atoms. The van der Waals surface area contributed by atoms with Gasteiger partial charge in [-0.25, -0.2) is 8.42 Å². The second-order valence-electron chi connectivity index (χ2n) is 5.27. The first kappa shape index (κ1) is 16.1. The highest BCUT2D eigenvalue weighted by atomic mass is 32.2. The van der Waals surface area contributed by atoms with Crippen LogP contribution in [0.15, 0.2) is 41.4 Å². The molecule has 1 heterocycles. The van der Waals surface area contributed by atoms with Gasteiger partial charge in [-0.3, -0.25) is 4.31 Å². The molecule has 1 aliphatic rings. The number of rotatable bonds is 4. The summed E-state index contributed by atoms with van der Waals surface area (Å²) in [5.74, 6) is 5.47. The van der Waals surface area contributed by atoms with E-state index in [0.29, 0.717) is 23.8 Å². The van der Waals surface area contributed by atoms with Gasteiger partial charge in [-0.15, -0.1) is 0 Å². The molecule has 0 N–H and O–H groups in total. The Balaban J connectivity index is 2.03. The van der Waals surface area contributed by atoms with E-state index < -0.39 is 10.0 Å². The summed E-state index contributed by atoms with van der Waals surface area (Å²) in [5, 5.41) is 8.34. The maximum absolute atomic E-state index is 12.5. The maximum Gasteiger partial charge on any atom is 0.263 e. The highest BCUT2D eigenvalue weighted by Crippen LogP contribution is 2.24. The number of sulfonamides is 1. The van der Waals surface area contributed by atoms with Crippen LogP contribution in [0.25, 0.3) is 0 Å². The molecule has 0 aliphatic carbocycles.